The fraction of sp³-hybridized carbons (Fsp3) is 0.423. The maximum atomic E-state index is 13.3. The van der Waals surface area contributed by atoms with Crippen molar-refractivity contribution in [3.05, 3.63) is 65.2 Å². The van der Waals surface area contributed by atoms with E-state index in [9.17, 15) is 4.79 Å². The van der Waals surface area contributed by atoms with Gasteiger partial charge in [0.25, 0.3) is 0 Å². The highest BCUT2D eigenvalue weighted by Crippen LogP contribution is 2.28. The van der Waals surface area contributed by atoms with Crippen molar-refractivity contribution in [2.75, 3.05) is 12.4 Å². The van der Waals surface area contributed by atoms with Crippen LogP contribution in [0.3, 0.4) is 0 Å². The quantitative estimate of drug-likeness (QED) is 0.373. The lowest BCUT2D eigenvalue weighted by Crippen LogP contribution is -2.46. The van der Waals surface area contributed by atoms with E-state index in [-0.39, 0.29) is 23.3 Å². The lowest BCUT2D eigenvalue weighted by molar-refractivity contribution is -0.133. The Balaban J connectivity index is 1.53. The van der Waals surface area contributed by atoms with Crippen molar-refractivity contribution >= 4 is 29.3 Å². The fourth-order valence-corrected chi connectivity index (χ4v) is 4.98. The number of ether oxygens (including phenoxy) is 1. The maximum Gasteiger partial charge on any atom is 0.233 e. The van der Waals surface area contributed by atoms with Gasteiger partial charge >= 0.3 is 0 Å². The lowest BCUT2D eigenvalue weighted by Gasteiger charge is -2.36. The molecule has 0 radical (unpaired) electrons. The molecule has 4 rings (SSSR count). The number of amides is 1. The van der Waals surface area contributed by atoms with Crippen molar-refractivity contribution in [1.29, 1.82) is 0 Å². The van der Waals surface area contributed by atoms with Gasteiger partial charge in [-0.25, -0.2) is 0 Å². The average Bonchev–Trinajstić information content (AvgIpc) is 3.47. The number of carbonyl (C=O) groups is 1. The van der Waals surface area contributed by atoms with Gasteiger partial charge in [0.15, 0.2) is 11.0 Å². The second-order valence-electron chi connectivity index (χ2n) is 9.48. The van der Waals surface area contributed by atoms with Crippen molar-refractivity contribution in [2.24, 2.45) is 0 Å². The monoisotopic (exact) mass is 498 g/mol. The molecule has 1 amide bonds. The van der Waals surface area contributed by atoms with Gasteiger partial charge in [-0.3, -0.25) is 9.36 Å². The molecule has 8 heteroatoms. The van der Waals surface area contributed by atoms with Gasteiger partial charge in [-0.15, -0.1) is 10.2 Å². The van der Waals surface area contributed by atoms with Gasteiger partial charge in [0.2, 0.25) is 5.91 Å². The Morgan fingerprint density at radius 3 is 2.53 bits per heavy atom. The van der Waals surface area contributed by atoms with Crippen molar-refractivity contribution in [1.82, 2.24) is 19.7 Å². The molecule has 3 aromatic rings. The second-order valence-corrected chi connectivity index (χ2v) is 10.9. The van der Waals surface area contributed by atoms with Crippen LogP contribution in [0.25, 0.3) is 11.4 Å². The van der Waals surface area contributed by atoms with Gasteiger partial charge in [0, 0.05) is 29.3 Å². The van der Waals surface area contributed by atoms with Crippen molar-refractivity contribution in [3.8, 4) is 11.4 Å². The molecule has 34 heavy (non-hydrogen) atoms. The summed E-state index contributed by atoms with van der Waals surface area (Å²) in [6.07, 6.45) is 2.20. The fourth-order valence-electron chi connectivity index (χ4n) is 4.03. The van der Waals surface area contributed by atoms with E-state index in [4.69, 9.17) is 16.3 Å². The lowest BCUT2D eigenvalue weighted by atomic mass is 10.0. The molecule has 1 fully saturated rings. The van der Waals surface area contributed by atoms with Crippen LogP contribution in [0, 0.1) is 0 Å². The standard InChI is InChI=1S/C26H31ClN4O2S/c1-26(2,3)31(16-19-8-5-4-6-9-19)23(32)18-34-25-29-28-24(20-11-13-21(27)14-12-20)30(25)17-22-10-7-15-33-22/h4-6,8-9,11-14,22H,7,10,15-18H2,1-3H3/t22-/m1/s1. The van der Waals surface area contributed by atoms with Gasteiger partial charge in [0.05, 0.1) is 18.4 Å². The van der Waals surface area contributed by atoms with Crippen molar-refractivity contribution < 1.29 is 9.53 Å². The number of halogens is 1. The summed E-state index contributed by atoms with van der Waals surface area (Å²) in [6.45, 7) is 8.21. The normalized spacial score (nSPS) is 16.1. The van der Waals surface area contributed by atoms with Gasteiger partial charge in [-0.2, -0.15) is 0 Å². The van der Waals surface area contributed by atoms with Crippen LogP contribution in [0.4, 0.5) is 0 Å². The Labute approximate surface area is 210 Å². The first-order chi connectivity index (χ1) is 16.3. The SMILES string of the molecule is CC(C)(C)N(Cc1ccccc1)C(=O)CSc1nnc(-c2ccc(Cl)cc2)n1C[C@H]1CCCO1. The number of hydrogen-bond acceptors (Lipinski definition) is 5. The topological polar surface area (TPSA) is 60.2 Å². The minimum atomic E-state index is -0.298. The minimum absolute atomic E-state index is 0.0704. The highest BCUT2D eigenvalue weighted by molar-refractivity contribution is 7.99. The zero-order chi connectivity index (χ0) is 24.1. The zero-order valence-corrected chi connectivity index (χ0v) is 21.5. The number of benzene rings is 2. The average molecular weight is 499 g/mol. The zero-order valence-electron chi connectivity index (χ0n) is 19.9. The Hall–Kier alpha value is -2.35. The van der Waals surface area contributed by atoms with Crippen LogP contribution in [-0.2, 0) is 22.6 Å². The third kappa shape index (κ3) is 6.20. The van der Waals surface area contributed by atoms with E-state index in [2.05, 4.69) is 47.7 Å². The smallest absolute Gasteiger partial charge is 0.233 e. The molecule has 0 N–H and O–H groups in total. The molecule has 1 aliphatic rings. The second kappa shape index (κ2) is 10.9. The number of aromatic nitrogens is 3. The molecule has 1 atom stereocenters. The first-order valence-corrected chi connectivity index (χ1v) is 13.0. The molecule has 2 aromatic carbocycles. The van der Waals surface area contributed by atoms with Crippen LogP contribution in [0.15, 0.2) is 59.8 Å². The predicted octanol–water partition coefficient (Wildman–Crippen LogP) is 5.70. The summed E-state index contributed by atoms with van der Waals surface area (Å²) in [7, 11) is 0. The van der Waals surface area contributed by atoms with Gasteiger partial charge < -0.3 is 9.64 Å². The number of nitrogens with zero attached hydrogens (tertiary/aromatic N) is 4. The summed E-state index contributed by atoms with van der Waals surface area (Å²) < 4.78 is 7.96. The van der Waals surface area contributed by atoms with Crippen LogP contribution in [-0.4, -0.2) is 49.6 Å². The summed E-state index contributed by atoms with van der Waals surface area (Å²) >= 11 is 7.51. The molecule has 0 unspecified atom stereocenters. The molecule has 6 nitrogen and oxygen atoms in total. The summed E-state index contributed by atoms with van der Waals surface area (Å²) in [5, 5.41) is 10.3. The highest BCUT2D eigenvalue weighted by atomic mass is 35.5. The van der Waals surface area contributed by atoms with Crippen LogP contribution >= 0.6 is 23.4 Å². The molecule has 0 aliphatic carbocycles. The molecule has 1 aromatic heterocycles. The van der Waals surface area contributed by atoms with Gasteiger partial charge in [-0.05, 0) is 63.4 Å². The molecule has 1 saturated heterocycles. The minimum Gasteiger partial charge on any atom is -0.376 e. The van der Waals surface area contributed by atoms with E-state index < -0.39 is 0 Å². The van der Waals surface area contributed by atoms with Crippen molar-refractivity contribution in [2.45, 2.75) is 63.5 Å². The van der Waals surface area contributed by atoms with Gasteiger partial charge in [0.1, 0.15) is 0 Å². The molecule has 1 aliphatic heterocycles. The summed E-state index contributed by atoms with van der Waals surface area (Å²) in [5.74, 6) is 1.12. The van der Waals surface area contributed by atoms with E-state index in [1.807, 2.05) is 47.4 Å². The van der Waals surface area contributed by atoms with Crippen LogP contribution in [0.1, 0.15) is 39.2 Å². The largest absolute Gasteiger partial charge is 0.376 e. The molecule has 2 heterocycles. The number of thioether (sulfide) groups is 1. The van der Waals surface area contributed by atoms with Crippen molar-refractivity contribution in [3.63, 3.8) is 0 Å². The number of carbonyl (C=O) groups excluding carboxylic acids is 1. The van der Waals surface area contributed by atoms with E-state index in [1.54, 1.807) is 0 Å². The Morgan fingerprint density at radius 2 is 1.88 bits per heavy atom. The third-order valence-electron chi connectivity index (χ3n) is 5.85. The molecule has 0 bridgehead atoms. The molecule has 0 saturated carbocycles. The molecular formula is C26H31ClN4O2S. The van der Waals surface area contributed by atoms with Crippen LogP contribution < -0.4 is 0 Å². The summed E-state index contributed by atoms with van der Waals surface area (Å²) in [6, 6.07) is 17.7. The van der Waals surface area contributed by atoms with Gasteiger partial charge in [-0.1, -0.05) is 53.7 Å². The highest BCUT2D eigenvalue weighted by Gasteiger charge is 2.28. The molecule has 0 spiro atoms. The first-order valence-electron chi connectivity index (χ1n) is 11.6. The first kappa shape index (κ1) is 24.8. The van der Waals surface area contributed by atoms with E-state index in [0.717, 1.165) is 41.6 Å². The Kier molecular flexibility index (Phi) is 7.96. The van der Waals surface area contributed by atoms with E-state index >= 15 is 0 Å². The summed E-state index contributed by atoms with van der Waals surface area (Å²) in [5.41, 5.74) is 1.75. The Morgan fingerprint density at radius 1 is 1.15 bits per heavy atom. The maximum absolute atomic E-state index is 13.3. The molecular weight excluding hydrogens is 468 g/mol. The predicted molar refractivity (Wildman–Crippen MR) is 137 cm³/mol. The van der Waals surface area contributed by atoms with Crippen LogP contribution in [0.2, 0.25) is 5.02 Å². The number of hydrogen-bond donors (Lipinski definition) is 0. The molecule has 180 valence electrons. The van der Waals surface area contributed by atoms with E-state index in [0.29, 0.717) is 18.1 Å². The van der Waals surface area contributed by atoms with Crippen LogP contribution in [0.5, 0.6) is 0 Å². The third-order valence-corrected chi connectivity index (χ3v) is 7.05. The van der Waals surface area contributed by atoms with E-state index in [1.165, 1.54) is 11.8 Å². The summed E-state index contributed by atoms with van der Waals surface area (Å²) in [4.78, 5) is 15.3. The Bertz CT molecular complexity index is 1090. The number of rotatable bonds is 8.